The van der Waals surface area contributed by atoms with Crippen LogP contribution in [0.15, 0.2) is 40.9 Å². The van der Waals surface area contributed by atoms with E-state index in [4.69, 9.17) is 9.26 Å². The van der Waals surface area contributed by atoms with Crippen LogP contribution in [0, 0.1) is 12.8 Å². The predicted molar refractivity (Wildman–Crippen MR) is 86.0 cm³/mol. The summed E-state index contributed by atoms with van der Waals surface area (Å²) in [5, 5.41) is 9.97. The first-order valence-corrected chi connectivity index (χ1v) is 7.82. The van der Waals surface area contributed by atoms with Crippen molar-refractivity contribution < 1.29 is 14.1 Å². The van der Waals surface area contributed by atoms with Gasteiger partial charge in [-0.2, -0.15) is 0 Å². The van der Waals surface area contributed by atoms with Crippen LogP contribution in [-0.2, 0) is 9.53 Å². The first kappa shape index (κ1) is 15.7. The Kier molecular flexibility index (Phi) is 5.05. The van der Waals surface area contributed by atoms with Crippen LogP contribution in [-0.4, -0.2) is 30.8 Å². The molecule has 2 heterocycles. The van der Waals surface area contributed by atoms with Crippen molar-refractivity contribution in [2.75, 3.05) is 25.1 Å². The third-order valence-corrected chi connectivity index (χ3v) is 3.91. The van der Waals surface area contributed by atoms with E-state index in [0.717, 1.165) is 31.7 Å². The number of ether oxygens (including phenoxy) is 1. The van der Waals surface area contributed by atoms with E-state index in [1.54, 1.807) is 13.0 Å². The summed E-state index contributed by atoms with van der Waals surface area (Å²) in [7, 11) is 0. The summed E-state index contributed by atoms with van der Waals surface area (Å²) in [6, 6.07) is 10.9. The van der Waals surface area contributed by atoms with Gasteiger partial charge in [0, 0.05) is 19.2 Å². The minimum atomic E-state index is -0.436. The molecule has 2 atom stereocenters. The second kappa shape index (κ2) is 7.39. The Hall–Kier alpha value is -2.18. The minimum absolute atomic E-state index is 0.150. The topological polar surface area (TPSA) is 76.4 Å². The van der Waals surface area contributed by atoms with Gasteiger partial charge in [-0.1, -0.05) is 35.5 Å². The van der Waals surface area contributed by atoms with Gasteiger partial charge < -0.3 is 19.9 Å². The zero-order valence-electron chi connectivity index (χ0n) is 13.1. The van der Waals surface area contributed by atoms with Gasteiger partial charge in [0.2, 0.25) is 5.91 Å². The fraction of sp³-hybridized carbons (Fsp3) is 0.412. The summed E-state index contributed by atoms with van der Waals surface area (Å²) < 4.78 is 10.4. The standard InChI is InChI=1S/C17H21N3O3/c1-12-9-15(20-23-12)19-17(21)16(14-5-3-2-4-6-14)18-10-13-7-8-22-11-13/h2-6,9,13,16,18H,7-8,10-11H2,1H3,(H,19,20,21)/t13-,16+/m0/s1. The molecule has 1 aliphatic rings. The number of anilines is 1. The van der Waals surface area contributed by atoms with E-state index in [9.17, 15) is 4.79 Å². The van der Waals surface area contributed by atoms with Crippen molar-refractivity contribution >= 4 is 11.7 Å². The number of hydrogen-bond donors (Lipinski definition) is 2. The lowest BCUT2D eigenvalue weighted by Crippen LogP contribution is -2.36. The third-order valence-electron chi connectivity index (χ3n) is 3.91. The normalized spacial score (nSPS) is 18.7. The lowest BCUT2D eigenvalue weighted by atomic mass is 10.0. The van der Waals surface area contributed by atoms with Crippen LogP contribution >= 0.6 is 0 Å². The smallest absolute Gasteiger partial charge is 0.247 e. The molecule has 1 aliphatic heterocycles. The SMILES string of the molecule is Cc1cc(NC(=O)[C@H](NC[C@@H]2CCOC2)c2ccccc2)no1. The van der Waals surface area contributed by atoms with Gasteiger partial charge in [0.05, 0.1) is 6.61 Å². The molecule has 0 bridgehead atoms. The number of carbonyl (C=O) groups excluding carboxylic acids is 1. The maximum atomic E-state index is 12.6. The molecule has 1 saturated heterocycles. The average Bonchev–Trinajstić information content (AvgIpc) is 3.20. The van der Waals surface area contributed by atoms with Crippen LogP contribution in [0.1, 0.15) is 23.8 Å². The highest BCUT2D eigenvalue weighted by molar-refractivity contribution is 5.94. The van der Waals surface area contributed by atoms with Crippen LogP contribution < -0.4 is 10.6 Å². The molecule has 0 unspecified atom stereocenters. The lowest BCUT2D eigenvalue weighted by molar-refractivity contribution is -0.118. The largest absolute Gasteiger partial charge is 0.381 e. The second-order valence-corrected chi connectivity index (χ2v) is 5.79. The fourth-order valence-electron chi connectivity index (χ4n) is 2.66. The molecule has 2 aromatic rings. The van der Waals surface area contributed by atoms with Gasteiger partial charge in [-0.15, -0.1) is 0 Å². The summed E-state index contributed by atoms with van der Waals surface area (Å²) >= 11 is 0. The molecule has 1 amide bonds. The quantitative estimate of drug-likeness (QED) is 0.855. The Morgan fingerprint density at radius 1 is 1.39 bits per heavy atom. The van der Waals surface area contributed by atoms with E-state index in [0.29, 0.717) is 17.5 Å². The lowest BCUT2D eigenvalue weighted by Gasteiger charge is -2.20. The summed E-state index contributed by atoms with van der Waals surface area (Å²) in [6.45, 7) is 4.08. The Morgan fingerprint density at radius 2 is 2.22 bits per heavy atom. The molecule has 1 aromatic carbocycles. The van der Waals surface area contributed by atoms with Crippen LogP contribution in [0.25, 0.3) is 0 Å². The molecule has 3 rings (SSSR count). The predicted octanol–water partition coefficient (Wildman–Crippen LogP) is 2.29. The van der Waals surface area contributed by atoms with Crippen molar-refractivity contribution in [2.24, 2.45) is 5.92 Å². The van der Waals surface area contributed by atoms with Crippen molar-refractivity contribution in [3.05, 3.63) is 47.7 Å². The first-order chi connectivity index (χ1) is 11.2. The number of nitrogens with one attached hydrogen (secondary N) is 2. The number of benzene rings is 1. The summed E-state index contributed by atoms with van der Waals surface area (Å²) in [4.78, 5) is 12.6. The van der Waals surface area contributed by atoms with Gasteiger partial charge in [0.25, 0.3) is 0 Å². The number of nitrogens with zero attached hydrogens (tertiary/aromatic N) is 1. The molecular weight excluding hydrogens is 294 g/mol. The third kappa shape index (κ3) is 4.18. The number of rotatable bonds is 6. The number of hydrogen-bond acceptors (Lipinski definition) is 5. The van der Waals surface area contributed by atoms with Gasteiger partial charge in [0.1, 0.15) is 11.8 Å². The highest BCUT2D eigenvalue weighted by Crippen LogP contribution is 2.18. The van der Waals surface area contributed by atoms with Crippen LogP contribution in [0.4, 0.5) is 5.82 Å². The summed E-state index contributed by atoms with van der Waals surface area (Å²) in [5.41, 5.74) is 0.920. The van der Waals surface area contributed by atoms with Crippen LogP contribution in [0.5, 0.6) is 0 Å². The first-order valence-electron chi connectivity index (χ1n) is 7.82. The van der Waals surface area contributed by atoms with E-state index >= 15 is 0 Å². The van der Waals surface area contributed by atoms with E-state index in [2.05, 4.69) is 15.8 Å². The number of aryl methyl sites for hydroxylation is 1. The maximum Gasteiger partial charge on any atom is 0.247 e. The van der Waals surface area contributed by atoms with Gasteiger partial charge >= 0.3 is 0 Å². The second-order valence-electron chi connectivity index (χ2n) is 5.79. The van der Waals surface area contributed by atoms with Gasteiger partial charge in [0.15, 0.2) is 5.82 Å². The zero-order chi connectivity index (χ0) is 16.1. The number of aromatic nitrogens is 1. The van der Waals surface area contributed by atoms with Crippen molar-refractivity contribution in [3.8, 4) is 0 Å². The highest BCUT2D eigenvalue weighted by Gasteiger charge is 2.24. The van der Waals surface area contributed by atoms with Gasteiger partial charge in [-0.05, 0) is 24.8 Å². The highest BCUT2D eigenvalue weighted by atomic mass is 16.5. The van der Waals surface area contributed by atoms with E-state index in [1.807, 2.05) is 30.3 Å². The maximum absolute atomic E-state index is 12.6. The van der Waals surface area contributed by atoms with E-state index < -0.39 is 6.04 Å². The molecule has 2 N–H and O–H groups in total. The molecule has 0 radical (unpaired) electrons. The molecule has 0 saturated carbocycles. The molecule has 6 nitrogen and oxygen atoms in total. The Labute approximate surface area is 135 Å². The molecule has 122 valence electrons. The van der Waals surface area contributed by atoms with Crippen molar-refractivity contribution in [1.82, 2.24) is 10.5 Å². The Bertz CT molecular complexity index is 636. The summed E-state index contributed by atoms with van der Waals surface area (Å²) in [5.74, 6) is 1.39. The average molecular weight is 315 g/mol. The molecule has 1 aromatic heterocycles. The molecular formula is C17H21N3O3. The molecule has 1 fully saturated rings. The van der Waals surface area contributed by atoms with E-state index in [1.165, 1.54) is 0 Å². The van der Waals surface area contributed by atoms with Crippen LogP contribution in [0.3, 0.4) is 0 Å². The molecule has 23 heavy (non-hydrogen) atoms. The number of carbonyl (C=O) groups is 1. The fourth-order valence-corrected chi connectivity index (χ4v) is 2.66. The van der Waals surface area contributed by atoms with Crippen molar-refractivity contribution in [2.45, 2.75) is 19.4 Å². The Morgan fingerprint density at radius 3 is 2.87 bits per heavy atom. The van der Waals surface area contributed by atoms with Crippen molar-refractivity contribution in [1.29, 1.82) is 0 Å². The van der Waals surface area contributed by atoms with Crippen molar-refractivity contribution in [3.63, 3.8) is 0 Å². The molecule has 6 heteroatoms. The number of amides is 1. The summed E-state index contributed by atoms with van der Waals surface area (Å²) in [6.07, 6.45) is 1.03. The van der Waals surface area contributed by atoms with Crippen LogP contribution in [0.2, 0.25) is 0 Å². The van der Waals surface area contributed by atoms with Gasteiger partial charge in [-0.25, -0.2) is 0 Å². The molecule has 0 aliphatic carbocycles. The molecule has 0 spiro atoms. The monoisotopic (exact) mass is 315 g/mol. The van der Waals surface area contributed by atoms with E-state index in [-0.39, 0.29) is 5.91 Å². The van der Waals surface area contributed by atoms with Gasteiger partial charge in [-0.3, -0.25) is 4.79 Å². The minimum Gasteiger partial charge on any atom is -0.381 e. The Balaban J connectivity index is 1.69. The zero-order valence-corrected chi connectivity index (χ0v) is 13.1.